The molecule has 8 nitrogen and oxygen atoms in total. The molecule has 0 bridgehead atoms. The van der Waals surface area contributed by atoms with E-state index < -0.39 is 0 Å². The molecule has 0 saturated heterocycles. The first-order valence-electron chi connectivity index (χ1n) is 9.50. The van der Waals surface area contributed by atoms with Gasteiger partial charge in [-0.15, -0.1) is 24.0 Å². The minimum Gasteiger partial charge on any atom is -0.492 e. The lowest BCUT2D eigenvalue weighted by Gasteiger charge is -2.18. The molecule has 0 atom stereocenters. The van der Waals surface area contributed by atoms with E-state index >= 15 is 0 Å². The average Bonchev–Trinajstić information content (AvgIpc) is 3.17. The van der Waals surface area contributed by atoms with Gasteiger partial charge in [0.05, 0.1) is 18.8 Å². The van der Waals surface area contributed by atoms with E-state index in [9.17, 15) is 4.79 Å². The number of benzene rings is 1. The normalized spacial score (nSPS) is 13.4. The van der Waals surface area contributed by atoms with Gasteiger partial charge in [0.25, 0.3) is 0 Å². The van der Waals surface area contributed by atoms with Crippen molar-refractivity contribution in [1.82, 2.24) is 15.8 Å². The third-order valence-electron chi connectivity index (χ3n) is 4.46. The van der Waals surface area contributed by atoms with Crippen LogP contribution in [0.15, 0.2) is 33.8 Å². The molecule has 0 saturated carbocycles. The molecule has 1 aromatic carbocycles. The summed E-state index contributed by atoms with van der Waals surface area (Å²) in [6, 6.07) is 7.69. The van der Waals surface area contributed by atoms with E-state index in [0.29, 0.717) is 38.0 Å². The minimum absolute atomic E-state index is 0. The Bertz CT molecular complexity index is 850. The molecule has 3 N–H and O–H groups in total. The van der Waals surface area contributed by atoms with Gasteiger partial charge < -0.3 is 25.2 Å². The number of amides is 1. The highest BCUT2D eigenvalue weighted by Crippen LogP contribution is 2.26. The number of guanidine groups is 1. The fourth-order valence-electron chi connectivity index (χ4n) is 2.86. The number of aryl methyl sites for hydroxylation is 1. The predicted octanol–water partition coefficient (Wildman–Crippen LogP) is 3.04. The van der Waals surface area contributed by atoms with Crippen LogP contribution >= 0.6 is 24.0 Å². The quantitative estimate of drug-likeness (QED) is 0.228. The van der Waals surface area contributed by atoms with E-state index in [0.717, 1.165) is 34.9 Å². The van der Waals surface area contributed by atoms with Crippen LogP contribution in [0.5, 0.6) is 5.75 Å². The van der Waals surface area contributed by atoms with Gasteiger partial charge in [0, 0.05) is 25.2 Å². The Morgan fingerprint density at radius 2 is 2.14 bits per heavy atom. The van der Waals surface area contributed by atoms with Crippen LogP contribution < -0.4 is 20.7 Å². The van der Waals surface area contributed by atoms with Gasteiger partial charge in [-0.1, -0.05) is 19.0 Å². The van der Waals surface area contributed by atoms with Crippen LogP contribution in [-0.2, 0) is 17.8 Å². The fourth-order valence-corrected chi connectivity index (χ4v) is 2.86. The maximum absolute atomic E-state index is 11.4. The van der Waals surface area contributed by atoms with Crippen molar-refractivity contribution in [2.75, 3.05) is 25.5 Å². The maximum atomic E-state index is 11.4. The van der Waals surface area contributed by atoms with Gasteiger partial charge in [0.1, 0.15) is 12.4 Å². The summed E-state index contributed by atoms with van der Waals surface area (Å²) >= 11 is 0. The number of nitrogens with zero attached hydrogens (tertiary/aromatic N) is 2. The monoisotopic (exact) mass is 513 g/mol. The smallest absolute Gasteiger partial charge is 0.224 e. The molecule has 1 amide bonds. The maximum Gasteiger partial charge on any atom is 0.224 e. The lowest BCUT2D eigenvalue weighted by atomic mass is 10.0. The summed E-state index contributed by atoms with van der Waals surface area (Å²) in [7, 11) is 1.72. The third kappa shape index (κ3) is 6.62. The molecule has 2 aromatic rings. The third-order valence-corrected chi connectivity index (χ3v) is 4.46. The van der Waals surface area contributed by atoms with E-state index in [4.69, 9.17) is 9.26 Å². The standard InChI is InChI=1S/C20H27N5O3.HI/c1-13(2)18-11-16(28-25-18)12-23-20(21-3)22-8-9-27-15-5-6-17-14(10-15)4-7-19(26)24-17;/h5-6,10-11,13H,4,7-9,12H2,1-3H3,(H,24,26)(H2,21,22,23);1H. The summed E-state index contributed by atoms with van der Waals surface area (Å²) in [5, 5.41) is 13.3. The summed E-state index contributed by atoms with van der Waals surface area (Å²) in [6.07, 6.45) is 1.26. The van der Waals surface area contributed by atoms with E-state index in [1.54, 1.807) is 7.05 Å². The van der Waals surface area contributed by atoms with E-state index in [1.807, 2.05) is 24.3 Å². The van der Waals surface area contributed by atoms with Crippen molar-refractivity contribution in [3.05, 3.63) is 41.3 Å². The van der Waals surface area contributed by atoms with Crippen molar-refractivity contribution in [2.45, 2.75) is 39.2 Å². The number of anilines is 1. The first-order chi connectivity index (χ1) is 13.5. The average molecular weight is 513 g/mol. The second-order valence-corrected chi connectivity index (χ2v) is 6.94. The number of aliphatic imine (C=N–C) groups is 1. The number of hydrogen-bond acceptors (Lipinski definition) is 5. The van der Waals surface area contributed by atoms with E-state index in [-0.39, 0.29) is 29.9 Å². The zero-order valence-corrected chi connectivity index (χ0v) is 19.3. The zero-order chi connectivity index (χ0) is 19.9. The van der Waals surface area contributed by atoms with Crippen LogP contribution in [0.1, 0.15) is 43.2 Å². The Kier molecular flexibility index (Phi) is 8.74. The molecule has 3 rings (SSSR count). The first kappa shape index (κ1) is 23.0. The van der Waals surface area contributed by atoms with Crippen molar-refractivity contribution < 1.29 is 14.1 Å². The van der Waals surface area contributed by atoms with E-state index in [1.165, 1.54) is 0 Å². The van der Waals surface area contributed by atoms with Crippen LogP contribution in [0, 0.1) is 0 Å². The summed E-state index contributed by atoms with van der Waals surface area (Å²) in [5.74, 6) is 2.63. The molecule has 1 aliphatic heterocycles. The van der Waals surface area contributed by atoms with Gasteiger partial charge in [0.15, 0.2) is 11.7 Å². The SMILES string of the molecule is CN=C(NCCOc1ccc2c(c1)CCC(=O)N2)NCc1cc(C(C)C)no1.I. The van der Waals surface area contributed by atoms with Gasteiger partial charge >= 0.3 is 0 Å². The topological polar surface area (TPSA) is 101 Å². The van der Waals surface area contributed by atoms with Crippen LogP contribution in [0.3, 0.4) is 0 Å². The zero-order valence-electron chi connectivity index (χ0n) is 16.9. The van der Waals surface area contributed by atoms with Crippen molar-refractivity contribution in [2.24, 2.45) is 4.99 Å². The number of carbonyl (C=O) groups is 1. The largest absolute Gasteiger partial charge is 0.492 e. The summed E-state index contributed by atoms with van der Waals surface area (Å²) in [5.41, 5.74) is 2.92. The summed E-state index contributed by atoms with van der Waals surface area (Å²) in [6.45, 7) is 5.76. The fraction of sp³-hybridized carbons (Fsp3) is 0.450. The predicted molar refractivity (Wildman–Crippen MR) is 123 cm³/mol. The number of aromatic nitrogens is 1. The van der Waals surface area contributed by atoms with E-state index in [2.05, 4.69) is 39.9 Å². The molecular formula is C20H28IN5O3. The van der Waals surface area contributed by atoms with Crippen molar-refractivity contribution in [1.29, 1.82) is 0 Å². The van der Waals surface area contributed by atoms with Gasteiger partial charge in [-0.3, -0.25) is 9.79 Å². The number of rotatable bonds is 7. The number of halogens is 1. The van der Waals surface area contributed by atoms with Gasteiger partial charge in [0.2, 0.25) is 5.91 Å². The highest BCUT2D eigenvalue weighted by Gasteiger charge is 2.15. The first-order valence-corrected chi connectivity index (χ1v) is 9.50. The molecule has 0 fully saturated rings. The number of ether oxygens (including phenoxy) is 1. The molecule has 2 heterocycles. The van der Waals surface area contributed by atoms with Crippen LogP contribution in [0.2, 0.25) is 0 Å². The van der Waals surface area contributed by atoms with Gasteiger partial charge in [-0.25, -0.2) is 0 Å². The van der Waals surface area contributed by atoms with Crippen LogP contribution in [0.4, 0.5) is 5.69 Å². The van der Waals surface area contributed by atoms with Crippen LogP contribution in [-0.4, -0.2) is 37.2 Å². The second-order valence-electron chi connectivity index (χ2n) is 6.94. The Morgan fingerprint density at radius 1 is 1.31 bits per heavy atom. The molecule has 29 heavy (non-hydrogen) atoms. The molecule has 0 radical (unpaired) electrons. The van der Waals surface area contributed by atoms with Crippen molar-refractivity contribution in [3.63, 3.8) is 0 Å². The Morgan fingerprint density at radius 3 is 2.86 bits per heavy atom. The van der Waals surface area contributed by atoms with Gasteiger partial charge in [-0.2, -0.15) is 0 Å². The molecular weight excluding hydrogens is 485 g/mol. The minimum atomic E-state index is 0. The Hall–Kier alpha value is -2.30. The molecule has 1 aromatic heterocycles. The van der Waals surface area contributed by atoms with Crippen LogP contribution in [0.25, 0.3) is 0 Å². The molecule has 158 valence electrons. The summed E-state index contributed by atoms with van der Waals surface area (Å²) in [4.78, 5) is 15.6. The highest BCUT2D eigenvalue weighted by atomic mass is 127. The van der Waals surface area contributed by atoms with Crippen molar-refractivity contribution in [3.8, 4) is 5.75 Å². The second kappa shape index (κ2) is 11.0. The molecule has 9 heteroatoms. The lowest BCUT2D eigenvalue weighted by molar-refractivity contribution is -0.116. The summed E-state index contributed by atoms with van der Waals surface area (Å²) < 4.78 is 11.1. The number of hydrogen-bond donors (Lipinski definition) is 3. The number of carbonyl (C=O) groups excluding carboxylic acids is 1. The lowest BCUT2D eigenvalue weighted by Crippen LogP contribution is -2.38. The Balaban J connectivity index is 0.00000300. The molecule has 1 aliphatic rings. The Labute approximate surface area is 187 Å². The molecule has 0 aliphatic carbocycles. The number of nitrogens with one attached hydrogen (secondary N) is 3. The molecule has 0 spiro atoms. The van der Waals surface area contributed by atoms with Gasteiger partial charge in [-0.05, 0) is 36.1 Å². The highest BCUT2D eigenvalue weighted by molar-refractivity contribution is 14.0. The van der Waals surface area contributed by atoms with Crippen molar-refractivity contribution >= 4 is 41.5 Å². The molecule has 0 unspecified atom stereocenters. The number of fused-ring (bicyclic) bond motifs is 1.